The summed E-state index contributed by atoms with van der Waals surface area (Å²) in [5.74, 6) is 0.559. The Bertz CT molecular complexity index is 1020. The number of amides is 1. The summed E-state index contributed by atoms with van der Waals surface area (Å²) in [4.78, 5) is 15.9. The van der Waals surface area contributed by atoms with Gasteiger partial charge in [-0.2, -0.15) is 5.10 Å². The van der Waals surface area contributed by atoms with Gasteiger partial charge in [-0.25, -0.2) is 0 Å². The smallest absolute Gasteiger partial charge is 0.219 e. The summed E-state index contributed by atoms with van der Waals surface area (Å²) in [6.07, 6.45) is 5.56. The maximum atomic E-state index is 12.0. The summed E-state index contributed by atoms with van der Waals surface area (Å²) < 4.78 is 1.81. The van der Waals surface area contributed by atoms with E-state index in [9.17, 15) is 4.79 Å². The molecule has 158 valence electrons. The van der Waals surface area contributed by atoms with Crippen molar-refractivity contribution >= 4 is 17.4 Å². The highest BCUT2D eigenvalue weighted by Gasteiger charge is 2.30. The number of aromatic nitrogens is 2. The highest BCUT2D eigenvalue weighted by Crippen LogP contribution is 2.34. The molecule has 2 aromatic rings. The van der Waals surface area contributed by atoms with Crippen LogP contribution in [0.25, 0.3) is 11.1 Å². The number of amidine groups is 1. The number of hydrogen-bond acceptors (Lipinski definition) is 4. The Kier molecular flexibility index (Phi) is 5.37. The van der Waals surface area contributed by atoms with E-state index in [1.54, 1.807) is 6.92 Å². The van der Waals surface area contributed by atoms with E-state index in [1.807, 2.05) is 29.0 Å². The normalized spacial score (nSPS) is 16.3. The standard InChI is InChI=1S/C23H30N6O/c1-15(2)26-21-8-9-28(16(3)30)14-20(21)23(24)29-10-7-18-11-17(5-6-22(18)29)19-12-25-27(4)13-19/h5-6,11-13,15,24,26H,7-10,14H2,1-4H3. The molecule has 0 atom stereocenters. The first-order valence-electron chi connectivity index (χ1n) is 10.6. The number of carbonyl (C=O) groups is 1. The van der Waals surface area contributed by atoms with E-state index in [-0.39, 0.29) is 5.91 Å². The van der Waals surface area contributed by atoms with Gasteiger partial charge >= 0.3 is 0 Å². The second-order valence-corrected chi connectivity index (χ2v) is 8.44. The van der Waals surface area contributed by atoms with E-state index in [0.717, 1.165) is 47.5 Å². The van der Waals surface area contributed by atoms with E-state index in [0.29, 0.717) is 25.0 Å². The van der Waals surface area contributed by atoms with Gasteiger partial charge in [-0.05, 0) is 43.5 Å². The van der Waals surface area contributed by atoms with Gasteiger partial charge in [0, 0.05) is 68.2 Å². The largest absolute Gasteiger partial charge is 0.386 e. The zero-order valence-electron chi connectivity index (χ0n) is 18.2. The average molecular weight is 407 g/mol. The van der Waals surface area contributed by atoms with Crippen LogP contribution in [0.4, 0.5) is 5.69 Å². The highest BCUT2D eigenvalue weighted by molar-refractivity contribution is 6.10. The topological polar surface area (TPSA) is 77.2 Å². The maximum Gasteiger partial charge on any atom is 0.219 e. The molecule has 0 radical (unpaired) electrons. The van der Waals surface area contributed by atoms with Crippen LogP contribution in [-0.4, -0.2) is 52.1 Å². The number of carbonyl (C=O) groups excluding carboxylic acids is 1. The van der Waals surface area contributed by atoms with Gasteiger partial charge in [0.05, 0.1) is 12.7 Å². The van der Waals surface area contributed by atoms with Crippen LogP contribution in [0, 0.1) is 5.41 Å². The van der Waals surface area contributed by atoms with Crippen LogP contribution < -0.4 is 10.2 Å². The van der Waals surface area contributed by atoms with Gasteiger partial charge in [0.25, 0.3) is 0 Å². The predicted molar refractivity (Wildman–Crippen MR) is 120 cm³/mol. The fourth-order valence-electron chi connectivity index (χ4n) is 4.30. The first-order chi connectivity index (χ1) is 14.3. The molecule has 1 amide bonds. The van der Waals surface area contributed by atoms with Crippen molar-refractivity contribution in [2.24, 2.45) is 7.05 Å². The lowest BCUT2D eigenvalue weighted by molar-refractivity contribution is -0.128. The van der Waals surface area contributed by atoms with Crippen LogP contribution in [-0.2, 0) is 18.3 Å². The average Bonchev–Trinajstić information content (AvgIpc) is 3.32. The molecule has 7 nitrogen and oxygen atoms in total. The predicted octanol–water partition coefficient (Wildman–Crippen LogP) is 2.93. The van der Waals surface area contributed by atoms with Gasteiger partial charge in [0.2, 0.25) is 5.91 Å². The van der Waals surface area contributed by atoms with Crippen molar-refractivity contribution in [3.8, 4) is 11.1 Å². The van der Waals surface area contributed by atoms with Crippen LogP contribution in [0.1, 0.15) is 32.8 Å². The fourth-order valence-corrected chi connectivity index (χ4v) is 4.30. The summed E-state index contributed by atoms with van der Waals surface area (Å²) in [7, 11) is 1.92. The number of aryl methyl sites for hydroxylation is 1. The van der Waals surface area contributed by atoms with Crippen LogP contribution in [0.15, 0.2) is 41.9 Å². The zero-order valence-corrected chi connectivity index (χ0v) is 18.2. The summed E-state index contributed by atoms with van der Waals surface area (Å²) in [6.45, 7) is 7.79. The second-order valence-electron chi connectivity index (χ2n) is 8.44. The van der Waals surface area contributed by atoms with Crippen molar-refractivity contribution in [3.63, 3.8) is 0 Å². The number of hydrogen-bond donors (Lipinski definition) is 2. The SMILES string of the molecule is CC(=O)N1CCC(NC(C)C)=C(C(=N)N2CCc3cc(-c4cnn(C)c4)ccc32)C1. The van der Waals surface area contributed by atoms with Gasteiger partial charge in [-0.3, -0.25) is 14.9 Å². The molecular weight excluding hydrogens is 376 g/mol. The van der Waals surface area contributed by atoms with E-state index < -0.39 is 0 Å². The van der Waals surface area contributed by atoms with Crippen molar-refractivity contribution in [1.82, 2.24) is 20.0 Å². The summed E-state index contributed by atoms with van der Waals surface area (Å²) in [6, 6.07) is 6.72. The molecule has 2 aliphatic heterocycles. The molecule has 0 bridgehead atoms. The summed E-state index contributed by atoms with van der Waals surface area (Å²) in [5.41, 5.74) is 6.60. The third-order valence-corrected chi connectivity index (χ3v) is 5.82. The van der Waals surface area contributed by atoms with Crippen molar-refractivity contribution < 1.29 is 4.79 Å². The van der Waals surface area contributed by atoms with Crippen LogP contribution in [0.3, 0.4) is 0 Å². The quantitative estimate of drug-likeness (QED) is 0.605. The molecule has 3 heterocycles. The van der Waals surface area contributed by atoms with Gasteiger partial charge < -0.3 is 15.1 Å². The zero-order chi connectivity index (χ0) is 21.4. The molecule has 0 aliphatic carbocycles. The minimum atomic E-state index is 0.0619. The van der Waals surface area contributed by atoms with Gasteiger partial charge in [-0.1, -0.05) is 6.07 Å². The number of anilines is 1. The van der Waals surface area contributed by atoms with Gasteiger partial charge in [0.1, 0.15) is 5.84 Å². The van der Waals surface area contributed by atoms with Crippen LogP contribution >= 0.6 is 0 Å². The van der Waals surface area contributed by atoms with Crippen molar-refractivity contribution in [2.75, 3.05) is 24.5 Å². The Morgan fingerprint density at radius 3 is 2.67 bits per heavy atom. The Hall–Kier alpha value is -3.09. The minimum absolute atomic E-state index is 0.0619. The van der Waals surface area contributed by atoms with E-state index in [4.69, 9.17) is 5.41 Å². The maximum absolute atomic E-state index is 12.0. The first-order valence-corrected chi connectivity index (χ1v) is 10.6. The Balaban J connectivity index is 1.63. The Morgan fingerprint density at radius 2 is 2.00 bits per heavy atom. The molecule has 2 aliphatic rings. The third kappa shape index (κ3) is 3.84. The van der Waals surface area contributed by atoms with Crippen LogP contribution in [0.5, 0.6) is 0 Å². The Labute approximate surface area is 177 Å². The number of rotatable bonds is 4. The number of benzene rings is 1. The van der Waals surface area contributed by atoms with Crippen molar-refractivity contribution in [3.05, 3.63) is 47.4 Å². The van der Waals surface area contributed by atoms with Crippen molar-refractivity contribution in [2.45, 2.75) is 39.7 Å². The molecule has 4 rings (SSSR count). The lowest BCUT2D eigenvalue weighted by Gasteiger charge is -2.34. The second kappa shape index (κ2) is 7.97. The first kappa shape index (κ1) is 20.2. The van der Waals surface area contributed by atoms with E-state index in [1.165, 1.54) is 5.56 Å². The summed E-state index contributed by atoms with van der Waals surface area (Å²) in [5, 5.41) is 16.8. The molecule has 0 spiro atoms. The lowest BCUT2D eigenvalue weighted by atomic mass is 10.0. The Morgan fingerprint density at radius 1 is 1.20 bits per heavy atom. The monoisotopic (exact) mass is 406 g/mol. The fraction of sp³-hybridized carbons (Fsp3) is 0.435. The number of nitrogens with zero attached hydrogens (tertiary/aromatic N) is 4. The van der Waals surface area contributed by atoms with Crippen LogP contribution in [0.2, 0.25) is 0 Å². The molecule has 0 saturated heterocycles. The molecule has 0 unspecified atom stereocenters. The van der Waals surface area contributed by atoms with E-state index >= 15 is 0 Å². The number of fused-ring (bicyclic) bond motifs is 1. The molecular formula is C23H30N6O. The molecule has 0 fully saturated rings. The highest BCUT2D eigenvalue weighted by atomic mass is 16.2. The molecule has 7 heteroatoms. The van der Waals surface area contributed by atoms with Gasteiger partial charge in [0.15, 0.2) is 0 Å². The molecule has 30 heavy (non-hydrogen) atoms. The van der Waals surface area contributed by atoms with Gasteiger partial charge in [-0.15, -0.1) is 0 Å². The molecule has 0 saturated carbocycles. The number of nitrogens with one attached hydrogen (secondary N) is 2. The minimum Gasteiger partial charge on any atom is -0.386 e. The summed E-state index contributed by atoms with van der Waals surface area (Å²) >= 11 is 0. The van der Waals surface area contributed by atoms with Crippen molar-refractivity contribution in [1.29, 1.82) is 5.41 Å². The third-order valence-electron chi connectivity index (χ3n) is 5.82. The molecule has 1 aromatic heterocycles. The molecule has 1 aromatic carbocycles. The molecule has 2 N–H and O–H groups in total. The lowest BCUT2D eigenvalue weighted by Crippen LogP contribution is -2.44. The van der Waals surface area contributed by atoms with E-state index in [2.05, 4.69) is 47.4 Å².